The fraction of sp³-hybridized carbons (Fsp3) is 0.133. The van der Waals surface area contributed by atoms with Crippen molar-refractivity contribution in [2.24, 2.45) is 0 Å². The summed E-state index contributed by atoms with van der Waals surface area (Å²) in [5, 5.41) is 2.82. The van der Waals surface area contributed by atoms with Crippen molar-refractivity contribution in [2.75, 3.05) is 17.7 Å². The van der Waals surface area contributed by atoms with Crippen LogP contribution in [0.3, 0.4) is 0 Å². The molecule has 0 atom stereocenters. The molecule has 0 aromatic heterocycles. The monoisotopic (exact) mass is 334 g/mol. The van der Waals surface area contributed by atoms with Crippen molar-refractivity contribution in [1.82, 2.24) is 0 Å². The lowest BCUT2D eigenvalue weighted by Gasteiger charge is -2.08. The van der Waals surface area contributed by atoms with Gasteiger partial charge in [-0.2, -0.15) is 0 Å². The topological polar surface area (TPSA) is 64.3 Å². The molecule has 4 nitrogen and oxygen atoms in total. The number of rotatable bonds is 4. The number of benzene rings is 2. The summed E-state index contributed by atoms with van der Waals surface area (Å²) >= 11 is 3.31. The van der Waals surface area contributed by atoms with Crippen molar-refractivity contribution in [1.29, 1.82) is 0 Å². The highest BCUT2D eigenvalue weighted by molar-refractivity contribution is 9.10. The Balaban J connectivity index is 2.08. The molecule has 0 spiro atoms. The molecule has 1 amide bonds. The SMILES string of the molecule is CCOc1ccc(NC(=O)c2ccc(N)c(Br)c2)cc1. The van der Waals surface area contributed by atoms with Crippen LogP contribution >= 0.6 is 15.9 Å². The third kappa shape index (κ3) is 3.51. The molecule has 0 heterocycles. The summed E-state index contributed by atoms with van der Waals surface area (Å²) in [6.45, 7) is 2.54. The molecule has 0 bridgehead atoms. The maximum absolute atomic E-state index is 12.1. The van der Waals surface area contributed by atoms with E-state index in [1.165, 1.54) is 0 Å². The second-order valence-corrected chi connectivity index (χ2v) is 5.00. The maximum Gasteiger partial charge on any atom is 0.255 e. The second kappa shape index (κ2) is 6.43. The van der Waals surface area contributed by atoms with E-state index in [9.17, 15) is 4.79 Å². The van der Waals surface area contributed by atoms with E-state index in [0.717, 1.165) is 5.75 Å². The lowest BCUT2D eigenvalue weighted by Crippen LogP contribution is -2.12. The standard InChI is InChI=1S/C15H15BrN2O2/c1-2-20-12-6-4-11(5-7-12)18-15(19)10-3-8-14(17)13(16)9-10/h3-9H,2,17H2,1H3,(H,18,19). The van der Waals surface area contributed by atoms with Crippen LogP contribution < -0.4 is 15.8 Å². The van der Waals surface area contributed by atoms with Gasteiger partial charge in [0.2, 0.25) is 0 Å². The molecule has 0 radical (unpaired) electrons. The summed E-state index contributed by atoms with van der Waals surface area (Å²) in [5.41, 5.74) is 7.55. The summed E-state index contributed by atoms with van der Waals surface area (Å²) in [6, 6.07) is 12.3. The zero-order valence-electron chi connectivity index (χ0n) is 11.0. The van der Waals surface area contributed by atoms with E-state index in [4.69, 9.17) is 10.5 Å². The summed E-state index contributed by atoms with van der Waals surface area (Å²) in [4.78, 5) is 12.1. The van der Waals surface area contributed by atoms with E-state index < -0.39 is 0 Å². The second-order valence-electron chi connectivity index (χ2n) is 4.15. The Morgan fingerprint density at radius 1 is 1.25 bits per heavy atom. The minimum absolute atomic E-state index is 0.185. The molecule has 2 rings (SSSR count). The van der Waals surface area contributed by atoms with Gasteiger partial charge < -0.3 is 15.8 Å². The van der Waals surface area contributed by atoms with Crippen LogP contribution in [0, 0.1) is 0 Å². The highest BCUT2D eigenvalue weighted by Crippen LogP contribution is 2.21. The molecular weight excluding hydrogens is 320 g/mol. The van der Waals surface area contributed by atoms with Crippen LogP contribution in [0.2, 0.25) is 0 Å². The summed E-state index contributed by atoms with van der Waals surface area (Å²) in [5.74, 6) is 0.593. The van der Waals surface area contributed by atoms with Gasteiger partial charge in [0.25, 0.3) is 5.91 Å². The average Bonchev–Trinajstić information content (AvgIpc) is 2.44. The number of anilines is 2. The maximum atomic E-state index is 12.1. The van der Waals surface area contributed by atoms with Crippen LogP contribution in [0.15, 0.2) is 46.9 Å². The predicted octanol–water partition coefficient (Wildman–Crippen LogP) is 3.68. The number of carbonyl (C=O) groups is 1. The van der Waals surface area contributed by atoms with Crippen LogP contribution in [0.25, 0.3) is 0 Å². The minimum atomic E-state index is -0.185. The molecule has 5 heteroatoms. The summed E-state index contributed by atoms with van der Waals surface area (Å²) < 4.78 is 6.05. The van der Waals surface area contributed by atoms with Crippen molar-refractivity contribution in [3.8, 4) is 5.75 Å². The molecule has 0 aliphatic heterocycles. The number of halogens is 1. The molecule has 0 unspecified atom stereocenters. The number of nitrogen functional groups attached to an aromatic ring is 1. The number of hydrogen-bond acceptors (Lipinski definition) is 3. The Labute approximate surface area is 126 Å². The molecule has 2 aromatic carbocycles. The average molecular weight is 335 g/mol. The third-order valence-electron chi connectivity index (χ3n) is 2.69. The third-order valence-corrected chi connectivity index (χ3v) is 3.37. The number of hydrogen-bond donors (Lipinski definition) is 2. The van der Waals surface area contributed by atoms with E-state index in [1.807, 2.05) is 19.1 Å². The first-order valence-electron chi connectivity index (χ1n) is 6.19. The van der Waals surface area contributed by atoms with Gasteiger partial charge in [-0.15, -0.1) is 0 Å². The van der Waals surface area contributed by atoms with Crippen LogP contribution in [0.5, 0.6) is 5.75 Å². The van der Waals surface area contributed by atoms with Crippen LogP contribution in [-0.4, -0.2) is 12.5 Å². The van der Waals surface area contributed by atoms with Gasteiger partial charge in [0, 0.05) is 21.4 Å². The molecule has 0 aliphatic carbocycles. The van der Waals surface area contributed by atoms with Crippen molar-refractivity contribution >= 4 is 33.2 Å². The van der Waals surface area contributed by atoms with Gasteiger partial charge in [-0.05, 0) is 65.3 Å². The highest BCUT2D eigenvalue weighted by Gasteiger charge is 2.08. The quantitative estimate of drug-likeness (QED) is 0.838. The zero-order valence-corrected chi connectivity index (χ0v) is 12.6. The van der Waals surface area contributed by atoms with Crippen LogP contribution in [-0.2, 0) is 0 Å². The lowest BCUT2D eigenvalue weighted by molar-refractivity contribution is 0.102. The van der Waals surface area contributed by atoms with Crippen LogP contribution in [0.4, 0.5) is 11.4 Å². The molecule has 0 saturated carbocycles. The highest BCUT2D eigenvalue weighted by atomic mass is 79.9. The largest absolute Gasteiger partial charge is 0.494 e. The van der Waals surface area contributed by atoms with Gasteiger partial charge in [0.05, 0.1) is 6.61 Å². The lowest BCUT2D eigenvalue weighted by atomic mass is 10.2. The number of nitrogens with two attached hydrogens (primary N) is 1. The van der Waals surface area contributed by atoms with Crippen molar-refractivity contribution in [2.45, 2.75) is 6.92 Å². The van der Waals surface area contributed by atoms with E-state index >= 15 is 0 Å². The molecule has 104 valence electrons. The fourth-order valence-corrected chi connectivity index (χ4v) is 2.05. The summed E-state index contributed by atoms with van der Waals surface area (Å²) in [7, 11) is 0. The fourth-order valence-electron chi connectivity index (χ4n) is 1.67. The smallest absolute Gasteiger partial charge is 0.255 e. The number of amides is 1. The van der Waals surface area contributed by atoms with E-state index in [1.54, 1.807) is 30.3 Å². The van der Waals surface area contributed by atoms with Gasteiger partial charge in [-0.1, -0.05) is 0 Å². The Hall–Kier alpha value is -2.01. The van der Waals surface area contributed by atoms with Crippen molar-refractivity contribution in [3.63, 3.8) is 0 Å². The normalized spacial score (nSPS) is 10.1. The Kier molecular flexibility index (Phi) is 4.63. The van der Waals surface area contributed by atoms with Crippen molar-refractivity contribution in [3.05, 3.63) is 52.5 Å². The molecule has 2 aromatic rings. The first kappa shape index (κ1) is 14.4. The van der Waals surface area contributed by atoms with Crippen LogP contribution in [0.1, 0.15) is 17.3 Å². The molecule has 0 fully saturated rings. The molecule has 3 N–H and O–H groups in total. The predicted molar refractivity (Wildman–Crippen MR) is 84.1 cm³/mol. The first-order valence-corrected chi connectivity index (χ1v) is 6.98. The zero-order chi connectivity index (χ0) is 14.5. The Morgan fingerprint density at radius 2 is 1.95 bits per heavy atom. The Bertz CT molecular complexity index is 612. The number of ether oxygens (including phenoxy) is 1. The van der Waals surface area contributed by atoms with Gasteiger partial charge in [0.1, 0.15) is 5.75 Å². The van der Waals surface area contributed by atoms with Crippen molar-refractivity contribution < 1.29 is 9.53 Å². The number of carbonyl (C=O) groups excluding carboxylic acids is 1. The Morgan fingerprint density at radius 3 is 2.55 bits per heavy atom. The summed E-state index contributed by atoms with van der Waals surface area (Å²) in [6.07, 6.45) is 0. The van der Waals surface area contributed by atoms with E-state index in [-0.39, 0.29) is 5.91 Å². The van der Waals surface area contributed by atoms with E-state index in [2.05, 4.69) is 21.2 Å². The number of nitrogens with one attached hydrogen (secondary N) is 1. The molecular formula is C15H15BrN2O2. The first-order chi connectivity index (χ1) is 9.60. The molecule has 0 aliphatic rings. The van der Waals surface area contributed by atoms with Gasteiger partial charge in [-0.3, -0.25) is 4.79 Å². The van der Waals surface area contributed by atoms with Gasteiger partial charge in [-0.25, -0.2) is 0 Å². The van der Waals surface area contributed by atoms with Gasteiger partial charge >= 0.3 is 0 Å². The molecule has 20 heavy (non-hydrogen) atoms. The van der Waals surface area contributed by atoms with Gasteiger partial charge in [0.15, 0.2) is 0 Å². The minimum Gasteiger partial charge on any atom is -0.494 e. The molecule has 0 saturated heterocycles. The van der Waals surface area contributed by atoms with E-state index in [0.29, 0.717) is 28.0 Å².